The zero-order chi connectivity index (χ0) is 22.5. The number of hydrogen-bond acceptors (Lipinski definition) is 5. The van der Waals surface area contributed by atoms with Crippen LogP contribution in [-0.2, 0) is 4.79 Å². The van der Waals surface area contributed by atoms with E-state index in [2.05, 4.69) is 15.8 Å². The Bertz CT molecular complexity index is 1160. The Morgan fingerprint density at radius 3 is 2.55 bits per heavy atom. The first-order valence-electron chi connectivity index (χ1n) is 9.21. The summed E-state index contributed by atoms with van der Waals surface area (Å²) >= 11 is 11.7. The molecule has 160 valence electrons. The maximum atomic E-state index is 12.0. The number of nitro benzene ring substituents is 1. The zero-order valence-electron chi connectivity index (χ0n) is 16.7. The molecule has 0 spiro atoms. The van der Waals surface area contributed by atoms with Gasteiger partial charge >= 0.3 is 0 Å². The third kappa shape index (κ3) is 5.42. The summed E-state index contributed by atoms with van der Waals surface area (Å²) in [5.41, 5.74) is 6.11. The number of carbonyl (C=O) groups is 1. The number of halogens is 2. The topological polar surface area (TPSA) is 102 Å². The van der Waals surface area contributed by atoms with E-state index in [9.17, 15) is 14.9 Å². The highest BCUT2D eigenvalue weighted by Gasteiger charge is 2.16. The second kappa shape index (κ2) is 9.63. The van der Waals surface area contributed by atoms with Crippen molar-refractivity contribution >= 4 is 46.7 Å². The molecule has 0 aliphatic rings. The molecule has 8 nitrogen and oxygen atoms in total. The zero-order valence-corrected chi connectivity index (χ0v) is 18.2. The molecule has 0 radical (unpaired) electrons. The van der Waals surface area contributed by atoms with Crippen molar-refractivity contribution in [1.82, 2.24) is 9.99 Å². The van der Waals surface area contributed by atoms with Crippen LogP contribution >= 0.6 is 23.2 Å². The number of amides is 1. The minimum atomic E-state index is -0.518. The lowest BCUT2D eigenvalue weighted by molar-refractivity contribution is -0.384. The van der Waals surface area contributed by atoms with Gasteiger partial charge in [-0.1, -0.05) is 23.2 Å². The van der Waals surface area contributed by atoms with E-state index in [0.717, 1.165) is 22.6 Å². The van der Waals surface area contributed by atoms with E-state index in [-0.39, 0.29) is 23.2 Å². The van der Waals surface area contributed by atoms with Gasteiger partial charge in [0.15, 0.2) is 0 Å². The Morgan fingerprint density at radius 2 is 1.87 bits per heavy atom. The lowest BCUT2D eigenvalue weighted by Crippen LogP contribution is -2.25. The number of hydrazone groups is 1. The molecule has 0 aliphatic carbocycles. The second-order valence-corrected chi connectivity index (χ2v) is 7.55. The number of nitro groups is 1. The fourth-order valence-corrected chi connectivity index (χ4v) is 3.37. The average molecular weight is 460 g/mol. The first kappa shape index (κ1) is 22.3. The first-order valence-corrected chi connectivity index (χ1v) is 9.96. The van der Waals surface area contributed by atoms with Crippen molar-refractivity contribution in [2.45, 2.75) is 13.8 Å². The molecule has 0 atom stereocenters. The first-order chi connectivity index (χ1) is 14.8. The second-order valence-electron chi connectivity index (χ2n) is 6.71. The molecular weight excluding hydrogens is 441 g/mol. The predicted octanol–water partition coefficient (Wildman–Crippen LogP) is 4.87. The van der Waals surface area contributed by atoms with Gasteiger partial charge in [-0.15, -0.1) is 0 Å². The average Bonchev–Trinajstić information content (AvgIpc) is 3.01. The van der Waals surface area contributed by atoms with Crippen LogP contribution in [0.3, 0.4) is 0 Å². The van der Waals surface area contributed by atoms with Gasteiger partial charge in [-0.25, -0.2) is 5.43 Å². The van der Waals surface area contributed by atoms with Gasteiger partial charge in [-0.2, -0.15) is 5.10 Å². The molecule has 0 unspecified atom stereocenters. The number of aromatic nitrogens is 1. The van der Waals surface area contributed by atoms with Gasteiger partial charge in [0.2, 0.25) is 0 Å². The Kier molecular flexibility index (Phi) is 6.94. The van der Waals surface area contributed by atoms with Crippen molar-refractivity contribution in [3.05, 3.63) is 85.6 Å². The van der Waals surface area contributed by atoms with Crippen LogP contribution in [0.1, 0.15) is 17.0 Å². The van der Waals surface area contributed by atoms with Crippen LogP contribution in [0.15, 0.2) is 53.6 Å². The summed E-state index contributed by atoms with van der Waals surface area (Å²) in [5, 5.41) is 18.9. The lowest BCUT2D eigenvalue weighted by Gasteiger charge is -2.10. The van der Waals surface area contributed by atoms with E-state index in [1.165, 1.54) is 18.3 Å². The molecule has 31 heavy (non-hydrogen) atoms. The molecule has 1 amide bonds. The maximum absolute atomic E-state index is 12.0. The van der Waals surface area contributed by atoms with Gasteiger partial charge in [0.05, 0.1) is 23.4 Å². The molecule has 3 aromatic rings. The number of benzene rings is 2. The van der Waals surface area contributed by atoms with Gasteiger partial charge in [0.25, 0.3) is 11.6 Å². The third-order valence-electron chi connectivity index (χ3n) is 4.55. The van der Waals surface area contributed by atoms with Crippen molar-refractivity contribution in [2.24, 2.45) is 5.10 Å². The van der Waals surface area contributed by atoms with E-state index in [4.69, 9.17) is 23.2 Å². The standard InChI is InChI=1S/C21H19Cl2N5O3/c1-13-9-15(11-25-26-21(29)12-24-17-5-3-16(22)4-6-17)14(2)27(13)18-7-8-19(23)20(10-18)28(30)31/h3-11,24H,12H2,1-2H3,(H,26,29)/b25-11-. The van der Waals surface area contributed by atoms with E-state index >= 15 is 0 Å². The lowest BCUT2D eigenvalue weighted by atomic mass is 10.2. The van der Waals surface area contributed by atoms with Gasteiger partial charge in [0, 0.05) is 33.7 Å². The number of aryl methyl sites for hydroxylation is 1. The van der Waals surface area contributed by atoms with E-state index < -0.39 is 4.92 Å². The van der Waals surface area contributed by atoms with Crippen molar-refractivity contribution in [3.63, 3.8) is 0 Å². The fourth-order valence-electron chi connectivity index (χ4n) is 3.06. The van der Waals surface area contributed by atoms with Gasteiger partial charge < -0.3 is 9.88 Å². The molecule has 10 heteroatoms. The van der Waals surface area contributed by atoms with Gasteiger partial charge in [-0.05, 0) is 56.3 Å². The van der Waals surface area contributed by atoms with Crippen LogP contribution < -0.4 is 10.7 Å². The molecule has 0 fully saturated rings. The van der Waals surface area contributed by atoms with Crippen LogP contribution in [0.2, 0.25) is 10.0 Å². The molecular formula is C21H19Cl2N5O3. The molecule has 3 rings (SSSR count). The molecule has 1 aromatic heterocycles. The number of carbonyl (C=O) groups excluding carboxylic acids is 1. The van der Waals surface area contributed by atoms with Gasteiger partial charge in [-0.3, -0.25) is 14.9 Å². The predicted molar refractivity (Wildman–Crippen MR) is 123 cm³/mol. The number of anilines is 1. The summed E-state index contributed by atoms with van der Waals surface area (Å²) in [6, 6.07) is 13.5. The monoisotopic (exact) mass is 459 g/mol. The summed E-state index contributed by atoms with van der Waals surface area (Å²) < 4.78 is 1.86. The fraction of sp³-hybridized carbons (Fsp3) is 0.143. The molecule has 0 aliphatic heterocycles. The minimum absolute atomic E-state index is 0.0481. The summed E-state index contributed by atoms with van der Waals surface area (Å²) in [6.07, 6.45) is 1.53. The number of rotatable bonds is 7. The number of nitrogens with zero attached hydrogens (tertiary/aromatic N) is 3. The van der Waals surface area contributed by atoms with Crippen molar-refractivity contribution in [2.75, 3.05) is 11.9 Å². The quantitative estimate of drug-likeness (QED) is 0.298. The molecule has 0 saturated heterocycles. The number of hydrogen-bond donors (Lipinski definition) is 2. The Morgan fingerprint density at radius 1 is 1.16 bits per heavy atom. The van der Waals surface area contributed by atoms with Crippen molar-refractivity contribution < 1.29 is 9.72 Å². The number of nitrogens with one attached hydrogen (secondary N) is 2. The minimum Gasteiger partial charge on any atom is -0.376 e. The summed E-state index contributed by atoms with van der Waals surface area (Å²) in [7, 11) is 0. The largest absolute Gasteiger partial charge is 0.376 e. The van der Waals surface area contributed by atoms with Gasteiger partial charge in [0.1, 0.15) is 5.02 Å². The van der Waals surface area contributed by atoms with E-state index in [1.807, 2.05) is 24.5 Å². The highest BCUT2D eigenvalue weighted by atomic mass is 35.5. The molecule has 0 bridgehead atoms. The van der Waals surface area contributed by atoms with Crippen molar-refractivity contribution in [3.8, 4) is 5.69 Å². The van der Waals surface area contributed by atoms with Crippen LogP contribution in [0.25, 0.3) is 5.69 Å². The van der Waals surface area contributed by atoms with Crippen LogP contribution in [0.5, 0.6) is 0 Å². The smallest absolute Gasteiger partial charge is 0.289 e. The molecule has 2 N–H and O–H groups in total. The Labute approximate surface area is 188 Å². The molecule has 0 saturated carbocycles. The summed E-state index contributed by atoms with van der Waals surface area (Å²) in [4.78, 5) is 22.7. The summed E-state index contributed by atoms with van der Waals surface area (Å²) in [6.45, 7) is 3.78. The van der Waals surface area contributed by atoms with Crippen molar-refractivity contribution in [1.29, 1.82) is 0 Å². The Hall–Kier alpha value is -3.36. The molecule has 1 heterocycles. The van der Waals surface area contributed by atoms with E-state index in [0.29, 0.717) is 10.7 Å². The molecule has 2 aromatic carbocycles. The maximum Gasteiger partial charge on any atom is 0.289 e. The highest BCUT2D eigenvalue weighted by Crippen LogP contribution is 2.29. The Balaban J connectivity index is 1.68. The SMILES string of the molecule is Cc1cc(/C=N\NC(=O)CNc2ccc(Cl)cc2)c(C)n1-c1ccc(Cl)c([N+](=O)[O-])c1. The van der Waals surface area contributed by atoms with E-state index in [1.54, 1.807) is 30.3 Å². The van der Waals surface area contributed by atoms with Crippen LogP contribution in [0, 0.1) is 24.0 Å². The normalized spacial score (nSPS) is 11.0. The van der Waals surface area contributed by atoms with Crippen LogP contribution in [0.4, 0.5) is 11.4 Å². The van der Waals surface area contributed by atoms with Crippen LogP contribution in [-0.4, -0.2) is 28.2 Å². The third-order valence-corrected chi connectivity index (χ3v) is 5.12. The highest BCUT2D eigenvalue weighted by molar-refractivity contribution is 6.32. The summed E-state index contributed by atoms with van der Waals surface area (Å²) in [5.74, 6) is -0.312.